The standard InChI is InChI=1S/C18H18ClNO/c1-12-7-8-13(2)15(11-12)18(21)9-10-20-17-6-4-5-16(19)14(17)3/h4-11,20H,1-3H3/b10-9+. The molecule has 0 aliphatic rings. The highest BCUT2D eigenvalue weighted by atomic mass is 35.5. The first-order chi connectivity index (χ1) is 9.99. The van der Waals surface area contributed by atoms with E-state index in [1.165, 1.54) is 0 Å². The second-order valence-corrected chi connectivity index (χ2v) is 5.48. The van der Waals surface area contributed by atoms with Crippen molar-refractivity contribution in [1.82, 2.24) is 0 Å². The number of carbonyl (C=O) groups excluding carboxylic acids is 1. The maximum absolute atomic E-state index is 12.2. The monoisotopic (exact) mass is 299 g/mol. The second kappa shape index (κ2) is 6.59. The van der Waals surface area contributed by atoms with Gasteiger partial charge in [-0.2, -0.15) is 0 Å². The van der Waals surface area contributed by atoms with Gasteiger partial charge < -0.3 is 5.32 Å². The predicted octanol–water partition coefficient (Wildman–Crippen LogP) is 5.07. The van der Waals surface area contributed by atoms with E-state index in [0.29, 0.717) is 5.02 Å². The largest absolute Gasteiger partial charge is 0.361 e. The lowest BCUT2D eigenvalue weighted by Gasteiger charge is -2.07. The van der Waals surface area contributed by atoms with E-state index in [2.05, 4.69) is 5.32 Å². The fraction of sp³-hybridized carbons (Fsp3) is 0.167. The maximum Gasteiger partial charge on any atom is 0.187 e. The number of hydrogen-bond acceptors (Lipinski definition) is 2. The Labute approximate surface area is 130 Å². The first kappa shape index (κ1) is 15.3. The number of hydrogen-bond donors (Lipinski definition) is 1. The molecule has 108 valence electrons. The van der Waals surface area contributed by atoms with Crippen molar-refractivity contribution >= 4 is 23.1 Å². The van der Waals surface area contributed by atoms with Crippen LogP contribution in [-0.2, 0) is 0 Å². The second-order valence-electron chi connectivity index (χ2n) is 5.07. The van der Waals surface area contributed by atoms with Gasteiger partial charge in [-0.1, -0.05) is 35.4 Å². The lowest BCUT2D eigenvalue weighted by Crippen LogP contribution is -2.00. The van der Waals surface area contributed by atoms with Crippen molar-refractivity contribution in [1.29, 1.82) is 0 Å². The molecule has 0 bridgehead atoms. The zero-order valence-electron chi connectivity index (χ0n) is 12.4. The normalized spacial score (nSPS) is 10.9. The van der Waals surface area contributed by atoms with E-state index in [0.717, 1.165) is 27.9 Å². The van der Waals surface area contributed by atoms with Crippen LogP contribution in [0.5, 0.6) is 0 Å². The minimum Gasteiger partial charge on any atom is -0.361 e. The van der Waals surface area contributed by atoms with E-state index in [-0.39, 0.29) is 5.78 Å². The molecule has 0 aliphatic carbocycles. The van der Waals surface area contributed by atoms with Gasteiger partial charge in [0.1, 0.15) is 0 Å². The average Bonchev–Trinajstić information content (AvgIpc) is 2.46. The first-order valence-corrected chi connectivity index (χ1v) is 7.16. The number of rotatable bonds is 4. The third kappa shape index (κ3) is 3.73. The van der Waals surface area contributed by atoms with Crippen molar-refractivity contribution in [3.05, 3.63) is 76.0 Å². The molecule has 0 aliphatic heterocycles. The summed E-state index contributed by atoms with van der Waals surface area (Å²) in [6.45, 7) is 5.85. The van der Waals surface area contributed by atoms with Crippen molar-refractivity contribution in [2.45, 2.75) is 20.8 Å². The Morgan fingerprint density at radius 3 is 2.67 bits per heavy atom. The van der Waals surface area contributed by atoms with Crippen LogP contribution >= 0.6 is 11.6 Å². The number of nitrogens with one attached hydrogen (secondary N) is 1. The van der Waals surface area contributed by atoms with Gasteiger partial charge in [0.25, 0.3) is 0 Å². The summed E-state index contributed by atoms with van der Waals surface area (Å²) in [5.74, 6) is -0.0108. The van der Waals surface area contributed by atoms with Gasteiger partial charge in [-0.25, -0.2) is 0 Å². The van der Waals surface area contributed by atoms with Gasteiger partial charge >= 0.3 is 0 Å². The minimum atomic E-state index is -0.0108. The Morgan fingerprint density at radius 2 is 1.90 bits per heavy atom. The van der Waals surface area contributed by atoms with Crippen LogP contribution in [0.1, 0.15) is 27.0 Å². The lowest BCUT2D eigenvalue weighted by atomic mass is 10.0. The molecule has 2 aromatic rings. The number of anilines is 1. The van der Waals surface area contributed by atoms with Gasteiger partial charge in [0.05, 0.1) is 0 Å². The smallest absolute Gasteiger partial charge is 0.187 e. The minimum absolute atomic E-state index is 0.0108. The summed E-state index contributed by atoms with van der Waals surface area (Å²) in [5.41, 5.74) is 4.65. The third-order valence-electron chi connectivity index (χ3n) is 3.40. The Hall–Kier alpha value is -2.06. The topological polar surface area (TPSA) is 29.1 Å². The van der Waals surface area contributed by atoms with Gasteiger partial charge in [-0.15, -0.1) is 0 Å². The first-order valence-electron chi connectivity index (χ1n) is 6.79. The van der Waals surface area contributed by atoms with E-state index < -0.39 is 0 Å². The highest BCUT2D eigenvalue weighted by Gasteiger charge is 2.06. The third-order valence-corrected chi connectivity index (χ3v) is 3.81. The number of aryl methyl sites for hydroxylation is 2. The van der Waals surface area contributed by atoms with E-state index in [1.54, 1.807) is 12.3 Å². The van der Waals surface area contributed by atoms with E-state index in [9.17, 15) is 4.79 Å². The van der Waals surface area contributed by atoms with Crippen LogP contribution in [0.25, 0.3) is 0 Å². The van der Waals surface area contributed by atoms with Gasteiger partial charge in [0, 0.05) is 28.5 Å². The maximum atomic E-state index is 12.2. The molecule has 0 amide bonds. The van der Waals surface area contributed by atoms with Crippen LogP contribution in [0.4, 0.5) is 5.69 Å². The fourth-order valence-electron chi connectivity index (χ4n) is 2.06. The molecule has 0 fully saturated rings. The van der Waals surface area contributed by atoms with E-state index in [1.807, 2.05) is 57.2 Å². The van der Waals surface area contributed by atoms with Crippen LogP contribution in [0, 0.1) is 20.8 Å². The quantitative estimate of drug-likeness (QED) is 0.630. The Kier molecular flexibility index (Phi) is 4.81. The molecule has 0 saturated heterocycles. The molecule has 0 radical (unpaired) electrons. The number of benzene rings is 2. The molecule has 0 atom stereocenters. The molecule has 1 N–H and O–H groups in total. The van der Waals surface area contributed by atoms with Gasteiger partial charge in [-0.05, 0) is 50.1 Å². The molecule has 21 heavy (non-hydrogen) atoms. The van der Waals surface area contributed by atoms with Crippen LogP contribution in [0.3, 0.4) is 0 Å². The predicted molar refractivity (Wildman–Crippen MR) is 89.2 cm³/mol. The molecule has 0 spiro atoms. The average molecular weight is 300 g/mol. The summed E-state index contributed by atoms with van der Waals surface area (Å²) in [6.07, 6.45) is 3.20. The van der Waals surface area contributed by atoms with Gasteiger partial charge in [-0.3, -0.25) is 4.79 Å². The van der Waals surface area contributed by atoms with Crippen molar-refractivity contribution in [3.8, 4) is 0 Å². The van der Waals surface area contributed by atoms with Crippen molar-refractivity contribution in [2.24, 2.45) is 0 Å². The van der Waals surface area contributed by atoms with Crippen molar-refractivity contribution in [3.63, 3.8) is 0 Å². The van der Waals surface area contributed by atoms with Crippen LogP contribution in [-0.4, -0.2) is 5.78 Å². The molecule has 0 aromatic heterocycles. The summed E-state index contributed by atoms with van der Waals surface area (Å²) in [7, 11) is 0. The number of carbonyl (C=O) groups is 1. The van der Waals surface area contributed by atoms with E-state index >= 15 is 0 Å². The molecule has 0 heterocycles. The molecule has 0 unspecified atom stereocenters. The van der Waals surface area contributed by atoms with Crippen LogP contribution in [0.15, 0.2) is 48.7 Å². The molecule has 2 nitrogen and oxygen atoms in total. The van der Waals surface area contributed by atoms with E-state index in [4.69, 9.17) is 11.6 Å². The summed E-state index contributed by atoms with van der Waals surface area (Å²) in [4.78, 5) is 12.2. The Bertz CT molecular complexity index is 704. The van der Waals surface area contributed by atoms with Crippen LogP contribution in [0.2, 0.25) is 5.02 Å². The summed E-state index contributed by atoms with van der Waals surface area (Å²) >= 11 is 6.06. The number of ketones is 1. The van der Waals surface area contributed by atoms with Gasteiger partial charge in [0.15, 0.2) is 5.78 Å². The summed E-state index contributed by atoms with van der Waals surface area (Å²) < 4.78 is 0. The highest BCUT2D eigenvalue weighted by Crippen LogP contribution is 2.22. The number of halogens is 1. The zero-order valence-corrected chi connectivity index (χ0v) is 13.2. The Morgan fingerprint density at radius 1 is 1.14 bits per heavy atom. The number of allylic oxidation sites excluding steroid dienone is 1. The Balaban J connectivity index is 2.12. The highest BCUT2D eigenvalue weighted by molar-refractivity contribution is 6.31. The van der Waals surface area contributed by atoms with Crippen LogP contribution < -0.4 is 5.32 Å². The molecule has 2 rings (SSSR count). The lowest BCUT2D eigenvalue weighted by molar-refractivity contribution is 0.104. The SMILES string of the molecule is Cc1ccc(C)c(C(=O)/C=C/Nc2cccc(Cl)c2C)c1. The molecule has 3 heteroatoms. The van der Waals surface area contributed by atoms with Gasteiger partial charge in [0.2, 0.25) is 0 Å². The zero-order chi connectivity index (χ0) is 15.4. The summed E-state index contributed by atoms with van der Waals surface area (Å²) in [6, 6.07) is 11.5. The summed E-state index contributed by atoms with van der Waals surface area (Å²) in [5, 5.41) is 3.81. The van der Waals surface area contributed by atoms with Crippen molar-refractivity contribution < 1.29 is 4.79 Å². The molecular formula is C18H18ClNO. The molecular weight excluding hydrogens is 282 g/mol. The molecule has 2 aromatic carbocycles. The van der Waals surface area contributed by atoms with Crippen molar-refractivity contribution in [2.75, 3.05) is 5.32 Å². The molecule has 0 saturated carbocycles. The fourth-order valence-corrected chi connectivity index (χ4v) is 2.24.